The molecule has 1 N–H and O–H groups in total. The molecular formula is C13H19FN2O4S. The van der Waals surface area contributed by atoms with Crippen molar-refractivity contribution in [2.75, 3.05) is 26.0 Å². The van der Waals surface area contributed by atoms with E-state index in [2.05, 4.69) is 10.1 Å². The molecule has 0 spiro atoms. The van der Waals surface area contributed by atoms with Crippen LogP contribution in [0.1, 0.15) is 12.5 Å². The van der Waals surface area contributed by atoms with Crippen LogP contribution < -0.4 is 5.32 Å². The summed E-state index contributed by atoms with van der Waals surface area (Å²) in [6.45, 7) is 1.93. The molecule has 1 aromatic carbocycles. The zero-order valence-corrected chi connectivity index (χ0v) is 12.8. The van der Waals surface area contributed by atoms with Crippen LogP contribution in [0.3, 0.4) is 0 Å². The Bertz CT molecular complexity index is 577. The monoisotopic (exact) mass is 318 g/mol. The summed E-state index contributed by atoms with van der Waals surface area (Å²) in [5, 5.41) is 2.43. The Hall–Kier alpha value is -1.67. The molecule has 1 rings (SSSR count). The van der Waals surface area contributed by atoms with Crippen molar-refractivity contribution in [1.29, 1.82) is 0 Å². The number of carbonyl (C=O) groups excluding carboxylic acids is 1. The molecule has 118 valence electrons. The van der Waals surface area contributed by atoms with Crippen LogP contribution in [0.25, 0.3) is 0 Å². The quantitative estimate of drug-likeness (QED) is 0.823. The number of hydrogen-bond acceptors (Lipinski definition) is 4. The number of nitrogens with one attached hydrogen (secondary N) is 1. The van der Waals surface area contributed by atoms with Gasteiger partial charge in [0, 0.05) is 25.2 Å². The number of carbonyl (C=O) groups is 1. The van der Waals surface area contributed by atoms with Gasteiger partial charge in [0.05, 0.1) is 12.9 Å². The minimum atomic E-state index is -3.52. The average molecular weight is 318 g/mol. The third kappa shape index (κ3) is 6.09. The summed E-state index contributed by atoms with van der Waals surface area (Å²) < 4.78 is 42.8. The van der Waals surface area contributed by atoms with Crippen molar-refractivity contribution < 1.29 is 22.3 Å². The van der Waals surface area contributed by atoms with Gasteiger partial charge in [-0.3, -0.25) is 0 Å². The molecule has 0 atom stereocenters. The number of rotatable bonds is 7. The van der Waals surface area contributed by atoms with E-state index in [-0.39, 0.29) is 31.8 Å². The van der Waals surface area contributed by atoms with E-state index >= 15 is 0 Å². The predicted molar refractivity (Wildman–Crippen MR) is 76.7 cm³/mol. The predicted octanol–water partition coefficient (Wildman–Crippen LogP) is 1.33. The molecule has 6 nitrogen and oxygen atoms in total. The number of alkyl carbamates (subject to hydrolysis) is 1. The number of benzene rings is 1. The first kappa shape index (κ1) is 17.4. The fourth-order valence-corrected chi connectivity index (χ4v) is 2.44. The number of sulfonamides is 1. The topological polar surface area (TPSA) is 75.7 Å². The molecule has 0 aliphatic heterocycles. The lowest BCUT2D eigenvalue weighted by Gasteiger charge is -2.20. The highest BCUT2D eigenvalue weighted by atomic mass is 32.2. The Morgan fingerprint density at radius 2 is 2.05 bits per heavy atom. The molecule has 0 fully saturated rings. The smallest absolute Gasteiger partial charge is 0.407 e. The second-order valence-corrected chi connectivity index (χ2v) is 6.32. The maximum atomic E-state index is 13.6. The fourth-order valence-electron chi connectivity index (χ4n) is 1.64. The fraction of sp³-hybridized carbons (Fsp3) is 0.462. The van der Waals surface area contributed by atoms with Crippen molar-refractivity contribution in [1.82, 2.24) is 9.62 Å². The molecule has 0 radical (unpaired) electrons. The van der Waals surface area contributed by atoms with Crippen LogP contribution in [0.2, 0.25) is 0 Å². The largest absolute Gasteiger partial charge is 0.450 e. The maximum absolute atomic E-state index is 13.6. The van der Waals surface area contributed by atoms with Crippen molar-refractivity contribution >= 4 is 16.1 Å². The lowest BCUT2D eigenvalue weighted by molar-refractivity contribution is 0.151. The number of amides is 1. The summed E-state index contributed by atoms with van der Waals surface area (Å²) in [5.41, 5.74) is 0.277. The minimum absolute atomic E-state index is 0.0337. The Labute approximate surface area is 123 Å². The van der Waals surface area contributed by atoms with Crippen molar-refractivity contribution in [2.45, 2.75) is 13.5 Å². The molecule has 1 amide bonds. The summed E-state index contributed by atoms with van der Waals surface area (Å²) in [6, 6.07) is 5.96. The lowest BCUT2D eigenvalue weighted by atomic mass is 10.2. The molecule has 0 unspecified atom stereocenters. The van der Waals surface area contributed by atoms with E-state index in [1.807, 2.05) is 0 Å². The second-order valence-electron chi connectivity index (χ2n) is 4.34. The third-order valence-electron chi connectivity index (χ3n) is 2.68. The summed E-state index contributed by atoms with van der Waals surface area (Å²) in [5.74, 6) is -0.468. The maximum Gasteiger partial charge on any atom is 0.407 e. The first-order valence-corrected chi connectivity index (χ1v) is 8.28. The van der Waals surface area contributed by atoms with Gasteiger partial charge >= 0.3 is 6.09 Å². The van der Waals surface area contributed by atoms with E-state index in [4.69, 9.17) is 0 Å². The van der Waals surface area contributed by atoms with Crippen molar-refractivity contribution in [3.05, 3.63) is 35.6 Å². The minimum Gasteiger partial charge on any atom is -0.450 e. The molecule has 21 heavy (non-hydrogen) atoms. The zero-order chi connectivity index (χ0) is 15.9. The van der Waals surface area contributed by atoms with Gasteiger partial charge in [-0.15, -0.1) is 0 Å². The van der Waals surface area contributed by atoms with Gasteiger partial charge in [-0.2, -0.15) is 4.31 Å². The highest BCUT2D eigenvalue weighted by Crippen LogP contribution is 2.11. The van der Waals surface area contributed by atoms with Crippen LogP contribution in [0.15, 0.2) is 24.3 Å². The van der Waals surface area contributed by atoms with E-state index in [0.29, 0.717) is 0 Å². The average Bonchev–Trinajstić information content (AvgIpc) is 2.39. The van der Waals surface area contributed by atoms with E-state index < -0.39 is 21.9 Å². The zero-order valence-electron chi connectivity index (χ0n) is 12.0. The standard InChI is InChI=1S/C13H19FN2O4S/c1-3-20-13(17)15-8-9-16(21(2,18)19)10-11-6-4-5-7-12(11)14/h4-7H,3,8-10H2,1-2H3,(H,15,17). The van der Waals surface area contributed by atoms with Gasteiger partial charge in [-0.1, -0.05) is 18.2 Å². The van der Waals surface area contributed by atoms with Gasteiger partial charge in [0.2, 0.25) is 10.0 Å². The summed E-state index contributed by atoms with van der Waals surface area (Å²) in [4.78, 5) is 11.1. The van der Waals surface area contributed by atoms with E-state index in [1.165, 1.54) is 18.2 Å². The van der Waals surface area contributed by atoms with Gasteiger partial charge in [0.1, 0.15) is 5.82 Å². The van der Waals surface area contributed by atoms with Crippen LogP contribution in [0.5, 0.6) is 0 Å². The van der Waals surface area contributed by atoms with Crippen molar-refractivity contribution in [3.8, 4) is 0 Å². The molecular weight excluding hydrogens is 299 g/mol. The SMILES string of the molecule is CCOC(=O)NCCN(Cc1ccccc1F)S(C)(=O)=O. The lowest BCUT2D eigenvalue weighted by Crippen LogP contribution is -2.38. The van der Waals surface area contributed by atoms with Gasteiger partial charge in [0.25, 0.3) is 0 Å². The molecule has 0 aliphatic rings. The second kappa shape index (κ2) is 7.94. The number of halogens is 1. The molecule has 0 aromatic heterocycles. The summed E-state index contributed by atoms with van der Waals surface area (Å²) >= 11 is 0. The van der Waals surface area contributed by atoms with E-state index in [0.717, 1.165) is 10.6 Å². The highest BCUT2D eigenvalue weighted by Gasteiger charge is 2.18. The molecule has 0 aliphatic carbocycles. The van der Waals surface area contributed by atoms with Crippen LogP contribution in [0, 0.1) is 5.82 Å². The first-order chi connectivity index (χ1) is 9.84. The Balaban J connectivity index is 2.66. The summed E-state index contributed by atoms with van der Waals surface area (Å²) in [6.07, 6.45) is 0.426. The van der Waals surface area contributed by atoms with Crippen LogP contribution in [-0.4, -0.2) is 44.8 Å². The van der Waals surface area contributed by atoms with Crippen molar-refractivity contribution in [3.63, 3.8) is 0 Å². The Morgan fingerprint density at radius 3 is 2.62 bits per heavy atom. The van der Waals surface area contributed by atoms with Crippen LogP contribution in [-0.2, 0) is 21.3 Å². The van der Waals surface area contributed by atoms with Crippen molar-refractivity contribution in [2.24, 2.45) is 0 Å². The van der Waals surface area contributed by atoms with Gasteiger partial charge in [-0.05, 0) is 13.0 Å². The van der Waals surface area contributed by atoms with Gasteiger partial charge in [-0.25, -0.2) is 17.6 Å². The summed E-state index contributed by atoms with van der Waals surface area (Å²) in [7, 11) is -3.52. The Kier molecular flexibility index (Phi) is 6.57. The van der Waals surface area contributed by atoms with E-state index in [1.54, 1.807) is 13.0 Å². The highest BCUT2D eigenvalue weighted by molar-refractivity contribution is 7.88. The molecule has 0 bridgehead atoms. The normalized spacial score (nSPS) is 11.4. The van der Waals surface area contributed by atoms with Gasteiger partial charge < -0.3 is 10.1 Å². The van der Waals surface area contributed by atoms with Crippen LogP contribution >= 0.6 is 0 Å². The molecule has 1 aromatic rings. The third-order valence-corrected chi connectivity index (χ3v) is 3.93. The number of nitrogens with zero attached hydrogens (tertiary/aromatic N) is 1. The molecule has 0 saturated carbocycles. The van der Waals surface area contributed by atoms with E-state index in [9.17, 15) is 17.6 Å². The molecule has 0 saturated heterocycles. The number of hydrogen-bond donors (Lipinski definition) is 1. The van der Waals surface area contributed by atoms with Crippen LogP contribution in [0.4, 0.5) is 9.18 Å². The first-order valence-electron chi connectivity index (χ1n) is 6.43. The molecule has 0 heterocycles. The number of ether oxygens (including phenoxy) is 1. The van der Waals surface area contributed by atoms with Gasteiger partial charge in [0.15, 0.2) is 0 Å². The Morgan fingerprint density at radius 1 is 1.38 bits per heavy atom. The molecule has 8 heteroatoms.